The van der Waals surface area contributed by atoms with Gasteiger partial charge in [0, 0.05) is 6.61 Å². The van der Waals surface area contributed by atoms with Gasteiger partial charge in [-0.05, 0) is 18.9 Å². The molecule has 0 spiro atoms. The summed E-state index contributed by atoms with van der Waals surface area (Å²) in [5, 5.41) is 0. The van der Waals surface area contributed by atoms with E-state index in [0.717, 1.165) is 13.0 Å². The monoisotopic (exact) mass is 236 g/mol. The standard InChI is InChI=1S/C15H24O2/c1-3-4-5-9-12-16-14(2)17-13-15-10-7-6-8-11-15/h6-8,10-11,14H,3-5,9,12-13H2,1-2H3. The van der Waals surface area contributed by atoms with Crippen molar-refractivity contribution in [3.05, 3.63) is 35.9 Å². The lowest BCUT2D eigenvalue weighted by Gasteiger charge is -2.14. The van der Waals surface area contributed by atoms with Crippen molar-refractivity contribution in [2.24, 2.45) is 0 Å². The van der Waals surface area contributed by atoms with E-state index in [1.165, 1.54) is 24.8 Å². The van der Waals surface area contributed by atoms with Crippen LogP contribution < -0.4 is 0 Å². The summed E-state index contributed by atoms with van der Waals surface area (Å²) in [6.07, 6.45) is 4.83. The Morgan fingerprint density at radius 3 is 2.47 bits per heavy atom. The van der Waals surface area contributed by atoms with Crippen LogP contribution in [0.3, 0.4) is 0 Å². The fraction of sp³-hybridized carbons (Fsp3) is 0.600. The topological polar surface area (TPSA) is 18.5 Å². The van der Waals surface area contributed by atoms with E-state index in [9.17, 15) is 0 Å². The van der Waals surface area contributed by atoms with Gasteiger partial charge in [-0.25, -0.2) is 0 Å². The number of rotatable bonds is 9. The first-order valence-electron chi connectivity index (χ1n) is 6.60. The van der Waals surface area contributed by atoms with E-state index in [1.807, 2.05) is 25.1 Å². The van der Waals surface area contributed by atoms with Gasteiger partial charge in [0.25, 0.3) is 0 Å². The fourth-order valence-electron chi connectivity index (χ4n) is 1.61. The van der Waals surface area contributed by atoms with E-state index in [2.05, 4.69) is 19.1 Å². The number of hydrogen-bond donors (Lipinski definition) is 0. The third-order valence-corrected chi connectivity index (χ3v) is 2.68. The molecule has 0 amide bonds. The summed E-state index contributed by atoms with van der Waals surface area (Å²) in [6, 6.07) is 10.2. The molecule has 1 unspecified atom stereocenters. The second-order valence-corrected chi connectivity index (χ2v) is 4.30. The van der Waals surface area contributed by atoms with Crippen molar-refractivity contribution >= 4 is 0 Å². The molecule has 1 aromatic rings. The van der Waals surface area contributed by atoms with Gasteiger partial charge < -0.3 is 9.47 Å². The molecule has 1 atom stereocenters. The first-order valence-corrected chi connectivity index (χ1v) is 6.60. The van der Waals surface area contributed by atoms with Crippen molar-refractivity contribution in [1.82, 2.24) is 0 Å². The van der Waals surface area contributed by atoms with Gasteiger partial charge in [0.05, 0.1) is 6.61 Å². The number of unbranched alkanes of at least 4 members (excludes halogenated alkanes) is 3. The molecular weight excluding hydrogens is 212 g/mol. The summed E-state index contributed by atoms with van der Waals surface area (Å²) >= 11 is 0. The molecule has 96 valence electrons. The van der Waals surface area contributed by atoms with Crippen LogP contribution in [0.1, 0.15) is 45.1 Å². The average molecular weight is 236 g/mol. The molecule has 2 heteroatoms. The Hall–Kier alpha value is -0.860. The summed E-state index contributed by atoms with van der Waals surface area (Å²) in [5.41, 5.74) is 1.19. The molecule has 1 aromatic carbocycles. The highest BCUT2D eigenvalue weighted by Crippen LogP contribution is 2.05. The first-order chi connectivity index (χ1) is 8.33. The van der Waals surface area contributed by atoms with Gasteiger partial charge in [-0.2, -0.15) is 0 Å². The third kappa shape index (κ3) is 7.14. The van der Waals surface area contributed by atoms with Crippen LogP contribution in [0, 0.1) is 0 Å². The van der Waals surface area contributed by atoms with E-state index in [1.54, 1.807) is 0 Å². The predicted molar refractivity (Wildman–Crippen MR) is 70.8 cm³/mol. The quantitative estimate of drug-likeness (QED) is 0.474. The number of benzene rings is 1. The molecule has 0 aromatic heterocycles. The summed E-state index contributed by atoms with van der Waals surface area (Å²) in [6.45, 7) is 5.60. The minimum absolute atomic E-state index is 0.114. The maximum absolute atomic E-state index is 5.61. The third-order valence-electron chi connectivity index (χ3n) is 2.68. The summed E-state index contributed by atoms with van der Waals surface area (Å²) in [7, 11) is 0. The highest BCUT2D eigenvalue weighted by Gasteiger charge is 2.01. The highest BCUT2D eigenvalue weighted by molar-refractivity contribution is 5.13. The maximum atomic E-state index is 5.61. The van der Waals surface area contributed by atoms with Crippen LogP contribution in [0.15, 0.2) is 30.3 Å². The lowest BCUT2D eigenvalue weighted by atomic mass is 10.2. The van der Waals surface area contributed by atoms with Gasteiger partial charge in [-0.3, -0.25) is 0 Å². The minimum atomic E-state index is -0.114. The fourth-order valence-corrected chi connectivity index (χ4v) is 1.61. The van der Waals surface area contributed by atoms with Crippen molar-refractivity contribution < 1.29 is 9.47 Å². The normalized spacial score (nSPS) is 12.6. The molecule has 1 rings (SSSR count). The Bertz CT molecular complexity index is 272. The first kappa shape index (κ1) is 14.2. The molecule has 0 bridgehead atoms. The average Bonchev–Trinajstić information content (AvgIpc) is 2.37. The van der Waals surface area contributed by atoms with Crippen LogP contribution in [0.2, 0.25) is 0 Å². The summed E-state index contributed by atoms with van der Waals surface area (Å²) in [4.78, 5) is 0. The van der Waals surface area contributed by atoms with E-state index in [-0.39, 0.29) is 6.29 Å². The van der Waals surface area contributed by atoms with E-state index < -0.39 is 0 Å². The Balaban J connectivity index is 2.03. The molecule has 0 saturated heterocycles. The van der Waals surface area contributed by atoms with Crippen LogP contribution in [0.5, 0.6) is 0 Å². The molecule has 0 radical (unpaired) electrons. The molecule has 17 heavy (non-hydrogen) atoms. The van der Waals surface area contributed by atoms with E-state index in [0.29, 0.717) is 6.61 Å². The molecule has 0 fully saturated rings. The molecule has 0 aliphatic heterocycles. The van der Waals surface area contributed by atoms with Gasteiger partial charge in [-0.1, -0.05) is 56.5 Å². The summed E-state index contributed by atoms with van der Waals surface area (Å²) < 4.78 is 11.2. The van der Waals surface area contributed by atoms with Gasteiger partial charge >= 0.3 is 0 Å². The smallest absolute Gasteiger partial charge is 0.155 e. The van der Waals surface area contributed by atoms with Gasteiger partial charge in [0.15, 0.2) is 6.29 Å². The van der Waals surface area contributed by atoms with Gasteiger partial charge in [-0.15, -0.1) is 0 Å². The van der Waals surface area contributed by atoms with Crippen molar-refractivity contribution in [3.63, 3.8) is 0 Å². The minimum Gasteiger partial charge on any atom is -0.353 e. The van der Waals surface area contributed by atoms with Crippen molar-refractivity contribution in [2.45, 2.75) is 52.4 Å². The van der Waals surface area contributed by atoms with Crippen LogP contribution in [0.4, 0.5) is 0 Å². The second-order valence-electron chi connectivity index (χ2n) is 4.30. The van der Waals surface area contributed by atoms with Crippen LogP contribution in [0.25, 0.3) is 0 Å². The Morgan fingerprint density at radius 1 is 1.00 bits per heavy atom. The Labute approximate surface area is 105 Å². The SMILES string of the molecule is CCCCCCOC(C)OCc1ccccc1. The second kappa shape index (κ2) is 9.20. The summed E-state index contributed by atoms with van der Waals surface area (Å²) in [5.74, 6) is 0. The molecule has 0 aliphatic rings. The zero-order valence-electron chi connectivity index (χ0n) is 11.0. The van der Waals surface area contributed by atoms with Crippen molar-refractivity contribution in [3.8, 4) is 0 Å². The van der Waals surface area contributed by atoms with Crippen LogP contribution in [-0.4, -0.2) is 12.9 Å². The molecule has 0 saturated carbocycles. The molecule has 2 nitrogen and oxygen atoms in total. The molecule has 0 heterocycles. The Kier molecular flexibility index (Phi) is 7.69. The maximum Gasteiger partial charge on any atom is 0.155 e. The molecule has 0 aliphatic carbocycles. The predicted octanol–water partition coefficient (Wildman–Crippen LogP) is 4.15. The Morgan fingerprint density at radius 2 is 1.76 bits per heavy atom. The lowest BCUT2D eigenvalue weighted by molar-refractivity contribution is -0.138. The van der Waals surface area contributed by atoms with Crippen molar-refractivity contribution in [1.29, 1.82) is 0 Å². The lowest BCUT2D eigenvalue weighted by Crippen LogP contribution is -2.13. The van der Waals surface area contributed by atoms with Gasteiger partial charge in [0.2, 0.25) is 0 Å². The van der Waals surface area contributed by atoms with Crippen LogP contribution in [-0.2, 0) is 16.1 Å². The van der Waals surface area contributed by atoms with E-state index in [4.69, 9.17) is 9.47 Å². The van der Waals surface area contributed by atoms with Crippen LogP contribution >= 0.6 is 0 Å². The van der Waals surface area contributed by atoms with Gasteiger partial charge in [0.1, 0.15) is 0 Å². The highest BCUT2D eigenvalue weighted by atomic mass is 16.7. The number of hydrogen-bond acceptors (Lipinski definition) is 2. The van der Waals surface area contributed by atoms with Crippen molar-refractivity contribution in [2.75, 3.05) is 6.61 Å². The number of ether oxygens (including phenoxy) is 2. The van der Waals surface area contributed by atoms with E-state index >= 15 is 0 Å². The molecular formula is C15H24O2. The zero-order chi connectivity index (χ0) is 12.3. The molecule has 0 N–H and O–H groups in total. The zero-order valence-corrected chi connectivity index (χ0v) is 11.0. The largest absolute Gasteiger partial charge is 0.353 e.